The van der Waals surface area contributed by atoms with Crippen LogP contribution in [0, 0.1) is 0 Å². The SMILES string of the molecule is Cl.Clc1cccc(-c2ccc(CNCCN3CCOCC3)o2)c1. The van der Waals surface area contributed by atoms with Gasteiger partial charge in [-0.3, -0.25) is 4.90 Å². The van der Waals surface area contributed by atoms with Crippen LogP contribution in [-0.4, -0.2) is 44.3 Å². The van der Waals surface area contributed by atoms with E-state index in [-0.39, 0.29) is 12.4 Å². The number of hydrogen-bond acceptors (Lipinski definition) is 4. The van der Waals surface area contributed by atoms with Crippen molar-refractivity contribution < 1.29 is 9.15 Å². The van der Waals surface area contributed by atoms with Crippen LogP contribution >= 0.6 is 24.0 Å². The number of furan rings is 1. The van der Waals surface area contributed by atoms with E-state index in [2.05, 4.69) is 10.2 Å². The summed E-state index contributed by atoms with van der Waals surface area (Å²) >= 11 is 6.01. The highest BCUT2D eigenvalue weighted by molar-refractivity contribution is 6.30. The van der Waals surface area contributed by atoms with Crippen LogP contribution in [0.2, 0.25) is 5.02 Å². The van der Waals surface area contributed by atoms with Gasteiger partial charge in [-0.05, 0) is 24.3 Å². The molecule has 2 aromatic rings. The Hall–Kier alpha value is -1.04. The van der Waals surface area contributed by atoms with Crippen LogP contribution in [0.1, 0.15) is 5.76 Å². The Morgan fingerprint density at radius 2 is 1.96 bits per heavy atom. The first-order chi connectivity index (χ1) is 10.8. The molecule has 3 rings (SSSR count). The fraction of sp³-hybridized carbons (Fsp3) is 0.412. The number of benzene rings is 1. The summed E-state index contributed by atoms with van der Waals surface area (Å²) in [6.45, 7) is 6.49. The van der Waals surface area contributed by atoms with Crippen LogP contribution < -0.4 is 5.32 Å². The highest BCUT2D eigenvalue weighted by Gasteiger charge is 2.09. The van der Waals surface area contributed by atoms with Gasteiger partial charge >= 0.3 is 0 Å². The maximum Gasteiger partial charge on any atom is 0.134 e. The molecule has 1 fully saturated rings. The van der Waals surface area contributed by atoms with Crippen molar-refractivity contribution >= 4 is 24.0 Å². The number of halogens is 2. The lowest BCUT2D eigenvalue weighted by molar-refractivity contribution is 0.0383. The minimum Gasteiger partial charge on any atom is -0.460 e. The first-order valence-electron chi connectivity index (χ1n) is 7.67. The van der Waals surface area contributed by atoms with E-state index >= 15 is 0 Å². The molecule has 1 aromatic carbocycles. The van der Waals surface area contributed by atoms with Gasteiger partial charge in [-0.15, -0.1) is 12.4 Å². The molecule has 0 bridgehead atoms. The molecule has 2 heterocycles. The Labute approximate surface area is 148 Å². The lowest BCUT2D eigenvalue weighted by Crippen LogP contribution is -2.40. The molecule has 1 aliphatic heterocycles. The van der Waals surface area contributed by atoms with Gasteiger partial charge in [0, 0.05) is 36.8 Å². The van der Waals surface area contributed by atoms with E-state index in [4.69, 9.17) is 20.8 Å². The third-order valence-electron chi connectivity index (χ3n) is 3.78. The molecule has 0 saturated carbocycles. The van der Waals surface area contributed by atoms with Gasteiger partial charge in [0.2, 0.25) is 0 Å². The lowest BCUT2D eigenvalue weighted by atomic mass is 10.2. The standard InChI is InChI=1S/C17H21ClN2O2.ClH/c18-15-3-1-2-14(12-15)17-5-4-16(22-17)13-19-6-7-20-8-10-21-11-9-20;/h1-5,12,19H,6-11,13H2;1H. The minimum absolute atomic E-state index is 0. The molecular formula is C17H22Cl2N2O2. The first-order valence-corrected chi connectivity index (χ1v) is 8.04. The highest BCUT2D eigenvalue weighted by Crippen LogP contribution is 2.24. The van der Waals surface area contributed by atoms with E-state index < -0.39 is 0 Å². The second kappa shape index (κ2) is 9.30. The monoisotopic (exact) mass is 356 g/mol. The molecule has 0 radical (unpaired) electrons. The quantitative estimate of drug-likeness (QED) is 0.804. The number of rotatable bonds is 6. The first kappa shape index (κ1) is 18.3. The van der Waals surface area contributed by atoms with Gasteiger partial charge in [-0.1, -0.05) is 23.7 Å². The van der Waals surface area contributed by atoms with Crippen molar-refractivity contribution in [3.05, 3.63) is 47.2 Å². The van der Waals surface area contributed by atoms with Gasteiger partial charge in [0.05, 0.1) is 19.8 Å². The number of morpholine rings is 1. The van der Waals surface area contributed by atoms with E-state index in [1.165, 1.54) is 0 Å². The third kappa shape index (κ3) is 5.52. The molecular weight excluding hydrogens is 335 g/mol. The van der Waals surface area contributed by atoms with E-state index in [1.54, 1.807) is 0 Å². The molecule has 4 nitrogen and oxygen atoms in total. The molecule has 0 aliphatic carbocycles. The topological polar surface area (TPSA) is 37.6 Å². The molecule has 6 heteroatoms. The summed E-state index contributed by atoms with van der Waals surface area (Å²) in [6, 6.07) is 11.7. The highest BCUT2D eigenvalue weighted by atomic mass is 35.5. The summed E-state index contributed by atoms with van der Waals surface area (Å²) in [5.74, 6) is 1.80. The molecule has 0 amide bonds. The van der Waals surface area contributed by atoms with Crippen molar-refractivity contribution in [2.45, 2.75) is 6.54 Å². The van der Waals surface area contributed by atoms with E-state index in [0.29, 0.717) is 0 Å². The van der Waals surface area contributed by atoms with Crippen molar-refractivity contribution in [3.8, 4) is 11.3 Å². The number of nitrogens with zero attached hydrogens (tertiary/aromatic N) is 1. The Kier molecular flexibility index (Phi) is 7.40. The average molecular weight is 357 g/mol. The Morgan fingerprint density at radius 1 is 1.13 bits per heavy atom. The number of hydrogen-bond donors (Lipinski definition) is 1. The van der Waals surface area contributed by atoms with Crippen LogP contribution in [0.4, 0.5) is 0 Å². The van der Waals surface area contributed by atoms with Gasteiger partial charge < -0.3 is 14.5 Å². The molecule has 0 unspecified atom stereocenters. The van der Waals surface area contributed by atoms with Gasteiger partial charge in [0.25, 0.3) is 0 Å². The Bertz CT molecular complexity index is 598. The predicted molar refractivity (Wildman–Crippen MR) is 95.4 cm³/mol. The second-order valence-electron chi connectivity index (χ2n) is 5.41. The molecule has 126 valence electrons. The van der Waals surface area contributed by atoms with Crippen LogP contribution in [-0.2, 0) is 11.3 Å². The predicted octanol–water partition coefficient (Wildman–Crippen LogP) is 3.44. The van der Waals surface area contributed by atoms with E-state index in [9.17, 15) is 0 Å². The van der Waals surface area contributed by atoms with Crippen molar-refractivity contribution in [2.75, 3.05) is 39.4 Å². The molecule has 23 heavy (non-hydrogen) atoms. The minimum atomic E-state index is 0. The molecule has 1 aromatic heterocycles. The summed E-state index contributed by atoms with van der Waals surface area (Å²) in [5, 5.41) is 4.14. The zero-order chi connectivity index (χ0) is 15.2. The zero-order valence-electron chi connectivity index (χ0n) is 13.0. The lowest BCUT2D eigenvalue weighted by Gasteiger charge is -2.26. The van der Waals surface area contributed by atoms with Gasteiger partial charge in [-0.2, -0.15) is 0 Å². The van der Waals surface area contributed by atoms with Crippen molar-refractivity contribution in [1.29, 1.82) is 0 Å². The van der Waals surface area contributed by atoms with Gasteiger partial charge in [-0.25, -0.2) is 0 Å². The maximum absolute atomic E-state index is 6.01. The fourth-order valence-electron chi connectivity index (χ4n) is 2.54. The smallest absolute Gasteiger partial charge is 0.134 e. The van der Waals surface area contributed by atoms with E-state index in [0.717, 1.165) is 68.0 Å². The Balaban J connectivity index is 0.00000192. The summed E-state index contributed by atoms with van der Waals surface area (Å²) in [4.78, 5) is 2.41. The summed E-state index contributed by atoms with van der Waals surface area (Å²) in [5.41, 5.74) is 1.01. The average Bonchev–Trinajstić information content (AvgIpc) is 3.02. The van der Waals surface area contributed by atoms with E-state index in [1.807, 2.05) is 36.4 Å². The fourth-order valence-corrected chi connectivity index (χ4v) is 2.73. The Morgan fingerprint density at radius 3 is 2.74 bits per heavy atom. The molecule has 0 spiro atoms. The largest absolute Gasteiger partial charge is 0.460 e. The van der Waals surface area contributed by atoms with Crippen molar-refractivity contribution in [3.63, 3.8) is 0 Å². The molecule has 1 aliphatic rings. The summed E-state index contributed by atoms with van der Waals surface area (Å²) < 4.78 is 11.2. The van der Waals surface area contributed by atoms with Gasteiger partial charge in [0.15, 0.2) is 0 Å². The van der Waals surface area contributed by atoms with Crippen LogP contribution in [0.5, 0.6) is 0 Å². The summed E-state index contributed by atoms with van der Waals surface area (Å²) in [7, 11) is 0. The van der Waals surface area contributed by atoms with Gasteiger partial charge in [0.1, 0.15) is 11.5 Å². The van der Waals surface area contributed by atoms with Crippen molar-refractivity contribution in [1.82, 2.24) is 10.2 Å². The zero-order valence-corrected chi connectivity index (χ0v) is 14.5. The molecule has 1 N–H and O–H groups in total. The van der Waals surface area contributed by atoms with Crippen LogP contribution in [0.15, 0.2) is 40.8 Å². The normalized spacial score (nSPS) is 15.3. The van der Waals surface area contributed by atoms with Crippen LogP contribution in [0.25, 0.3) is 11.3 Å². The number of ether oxygens (including phenoxy) is 1. The summed E-state index contributed by atoms with van der Waals surface area (Å²) in [6.07, 6.45) is 0. The molecule has 1 saturated heterocycles. The molecule has 0 atom stereocenters. The second-order valence-corrected chi connectivity index (χ2v) is 5.84. The maximum atomic E-state index is 6.01. The third-order valence-corrected chi connectivity index (χ3v) is 4.01. The van der Waals surface area contributed by atoms with Crippen LogP contribution in [0.3, 0.4) is 0 Å². The van der Waals surface area contributed by atoms with Crippen molar-refractivity contribution in [2.24, 2.45) is 0 Å². The number of nitrogens with one attached hydrogen (secondary N) is 1.